The fraction of sp³-hybridized carbons (Fsp3) is 0.563. The molecule has 0 N–H and O–H groups in total. The van der Waals surface area contributed by atoms with Crippen LogP contribution in [-0.2, 0) is 28.6 Å². The summed E-state index contributed by atoms with van der Waals surface area (Å²) in [6, 6.07) is 0. The van der Waals surface area contributed by atoms with E-state index in [2.05, 4.69) is 191 Å². The van der Waals surface area contributed by atoms with Crippen molar-refractivity contribution in [2.75, 3.05) is 13.2 Å². The Labute approximate surface area is 472 Å². The molecule has 0 radical (unpaired) electrons. The van der Waals surface area contributed by atoms with E-state index in [0.717, 1.165) is 167 Å². The van der Waals surface area contributed by atoms with Gasteiger partial charge in [-0.15, -0.1) is 0 Å². The van der Waals surface area contributed by atoms with Crippen LogP contribution in [0.25, 0.3) is 0 Å². The lowest BCUT2D eigenvalue weighted by Gasteiger charge is -2.18. The van der Waals surface area contributed by atoms with E-state index in [1.54, 1.807) is 0 Å². The number of carbonyl (C=O) groups excluding carboxylic acids is 3. The molecule has 0 amide bonds. The van der Waals surface area contributed by atoms with Gasteiger partial charge < -0.3 is 14.2 Å². The molecule has 0 fully saturated rings. The minimum atomic E-state index is -0.832. The third-order valence-electron chi connectivity index (χ3n) is 12.2. The fourth-order valence-corrected chi connectivity index (χ4v) is 7.66. The molecule has 0 aromatic heterocycles. The van der Waals surface area contributed by atoms with E-state index in [-0.39, 0.29) is 37.5 Å². The van der Waals surface area contributed by atoms with Crippen LogP contribution in [0.5, 0.6) is 0 Å². The summed E-state index contributed by atoms with van der Waals surface area (Å²) < 4.78 is 16.8. The SMILES string of the molecule is CC/C=C\C/C=C\C/C=C\C/C=C\C/C=C\C/C=C\C/C=C\CCCCCCCC(=O)OCC(COC(=O)CCCCCCC/C=C\C/C=C\CCCCC)OC(=O)CCC/C=C\C/C=C\C/C=C\C/C=C\C/C=C\CC. The number of allylic oxidation sites excluding steroid dienone is 28. The van der Waals surface area contributed by atoms with Crippen LogP contribution in [0, 0.1) is 0 Å². The first kappa shape index (κ1) is 71.8. The van der Waals surface area contributed by atoms with Crippen molar-refractivity contribution in [1.82, 2.24) is 0 Å². The average Bonchev–Trinajstić information content (AvgIpc) is 3.43. The Hall–Kier alpha value is -5.23. The van der Waals surface area contributed by atoms with E-state index in [0.29, 0.717) is 19.3 Å². The molecule has 1 atom stereocenters. The molecular formula is C71H110O6. The maximum Gasteiger partial charge on any atom is 0.306 e. The van der Waals surface area contributed by atoms with Gasteiger partial charge in [0.15, 0.2) is 6.10 Å². The summed E-state index contributed by atoms with van der Waals surface area (Å²) >= 11 is 0. The maximum absolute atomic E-state index is 12.9. The molecule has 0 saturated heterocycles. The Morgan fingerprint density at radius 2 is 0.519 bits per heavy atom. The van der Waals surface area contributed by atoms with Crippen molar-refractivity contribution in [2.45, 2.75) is 245 Å². The van der Waals surface area contributed by atoms with Gasteiger partial charge in [-0.25, -0.2) is 0 Å². The number of unbranched alkanes of at least 4 members (excludes halogenated alkanes) is 14. The number of hydrogen-bond donors (Lipinski definition) is 0. The summed E-state index contributed by atoms with van der Waals surface area (Å²) in [4.78, 5) is 38.2. The molecule has 0 aliphatic carbocycles. The molecule has 0 rings (SSSR count). The zero-order valence-corrected chi connectivity index (χ0v) is 49.1. The van der Waals surface area contributed by atoms with Gasteiger partial charge in [-0.3, -0.25) is 14.4 Å². The van der Waals surface area contributed by atoms with Crippen molar-refractivity contribution >= 4 is 17.9 Å². The van der Waals surface area contributed by atoms with E-state index < -0.39 is 6.10 Å². The summed E-state index contributed by atoms with van der Waals surface area (Å²) in [7, 11) is 0. The van der Waals surface area contributed by atoms with Crippen LogP contribution in [0.1, 0.15) is 239 Å². The van der Waals surface area contributed by atoms with Gasteiger partial charge in [-0.05, 0) is 148 Å². The quantitative estimate of drug-likeness (QED) is 0.0261. The largest absolute Gasteiger partial charge is 0.462 e. The van der Waals surface area contributed by atoms with Gasteiger partial charge in [0.1, 0.15) is 13.2 Å². The number of hydrogen-bond acceptors (Lipinski definition) is 6. The average molecular weight is 1060 g/mol. The molecule has 0 aliphatic heterocycles. The molecule has 0 bridgehead atoms. The van der Waals surface area contributed by atoms with Gasteiger partial charge in [0, 0.05) is 19.3 Å². The predicted octanol–water partition coefficient (Wildman–Crippen LogP) is 21.1. The number of ether oxygens (including phenoxy) is 3. The van der Waals surface area contributed by atoms with Crippen LogP contribution in [0.2, 0.25) is 0 Å². The minimum Gasteiger partial charge on any atom is -0.462 e. The summed E-state index contributed by atoms with van der Waals surface area (Å²) in [5.41, 5.74) is 0. The van der Waals surface area contributed by atoms with E-state index >= 15 is 0 Å². The second-order valence-electron chi connectivity index (χ2n) is 19.5. The van der Waals surface area contributed by atoms with Crippen LogP contribution >= 0.6 is 0 Å². The van der Waals surface area contributed by atoms with E-state index in [1.807, 2.05) is 0 Å². The number of rotatable bonds is 53. The van der Waals surface area contributed by atoms with Crippen LogP contribution in [0.3, 0.4) is 0 Å². The fourth-order valence-electron chi connectivity index (χ4n) is 7.66. The van der Waals surface area contributed by atoms with Crippen molar-refractivity contribution < 1.29 is 28.6 Å². The maximum atomic E-state index is 12.9. The highest BCUT2D eigenvalue weighted by Gasteiger charge is 2.19. The lowest BCUT2D eigenvalue weighted by Crippen LogP contribution is -2.30. The molecule has 0 aromatic rings. The highest BCUT2D eigenvalue weighted by molar-refractivity contribution is 5.71. The summed E-state index contributed by atoms with van der Waals surface area (Å²) in [6.45, 7) is 6.29. The van der Waals surface area contributed by atoms with Gasteiger partial charge in [0.25, 0.3) is 0 Å². The Balaban J connectivity index is 4.51. The smallest absolute Gasteiger partial charge is 0.306 e. The Bertz CT molecular complexity index is 1790. The molecule has 0 aromatic carbocycles. The van der Waals surface area contributed by atoms with Crippen molar-refractivity contribution in [3.8, 4) is 0 Å². The topological polar surface area (TPSA) is 78.9 Å². The number of carbonyl (C=O) groups is 3. The molecule has 6 heteroatoms. The molecular weight excluding hydrogens is 949 g/mol. The zero-order chi connectivity index (χ0) is 55.7. The second kappa shape index (κ2) is 63.3. The first-order valence-electron chi connectivity index (χ1n) is 30.6. The normalized spacial score (nSPS) is 13.3. The first-order chi connectivity index (χ1) is 38.0. The Morgan fingerprint density at radius 1 is 0.273 bits per heavy atom. The molecule has 0 saturated carbocycles. The van der Waals surface area contributed by atoms with Crippen LogP contribution in [0.15, 0.2) is 170 Å². The second-order valence-corrected chi connectivity index (χ2v) is 19.5. The van der Waals surface area contributed by atoms with Gasteiger partial charge in [0.05, 0.1) is 0 Å². The zero-order valence-electron chi connectivity index (χ0n) is 49.1. The predicted molar refractivity (Wildman–Crippen MR) is 334 cm³/mol. The molecule has 1 unspecified atom stereocenters. The standard InChI is InChI=1S/C71H110O6/c1-4-7-10-13-16-19-22-25-28-30-31-32-33-34-35-36-37-38-39-41-43-46-49-52-55-58-61-64-70(73)76-67-68(66-75-69(72)63-60-57-54-51-48-45-42-27-24-21-18-15-12-9-6-3)77-71(74)65-62-59-56-53-50-47-44-40-29-26-23-20-17-14-11-8-5-2/h7-8,10-11,16-21,25-29,31-32,34-35,37-38,41-44,47,53,56,68H,4-6,9,12-15,22-24,30,33,36,39-40,45-46,48-52,54-55,57-67H2,1-3H3/b10-7-,11-8-,19-16-,20-17-,21-18-,28-25-,29-26-,32-31-,35-34-,38-37-,42-27-,43-41-,47-44-,56-53-. The van der Waals surface area contributed by atoms with E-state index in [9.17, 15) is 14.4 Å². The van der Waals surface area contributed by atoms with Gasteiger partial charge in [0.2, 0.25) is 0 Å². The monoisotopic (exact) mass is 1060 g/mol. The Kier molecular flexibility index (Phi) is 59.0. The van der Waals surface area contributed by atoms with Crippen LogP contribution in [0.4, 0.5) is 0 Å². The van der Waals surface area contributed by atoms with Crippen LogP contribution in [-0.4, -0.2) is 37.2 Å². The molecule has 0 aliphatic rings. The van der Waals surface area contributed by atoms with Gasteiger partial charge in [-0.1, -0.05) is 242 Å². The molecule has 77 heavy (non-hydrogen) atoms. The molecule has 0 spiro atoms. The third kappa shape index (κ3) is 61.5. The summed E-state index contributed by atoms with van der Waals surface area (Å²) in [5.74, 6) is -1.02. The van der Waals surface area contributed by atoms with E-state index in [1.165, 1.54) is 25.7 Å². The lowest BCUT2D eigenvalue weighted by molar-refractivity contribution is -0.167. The lowest BCUT2D eigenvalue weighted by atomic mass is 10.1. The van der Waals surface area contributed by atoms with Crippen molar-refractivity contribution in [1.29, 1.82) is 0 Å². The third-order valence-corrected chi connectivity index (χ3v) is 12.2. The number of esters is 3. The van der Waals surface area contributed by atoms with Crippen molar-refractivity contribution in [2.24, 2.45) is 0 Å². The van der Waals surface area contributed by atoms with E-state index in [4.69, 9.17) is 14.2 Å². The highest BCUT2D eigenvalue weighted by atomic mass is 16.6. The Morgan fingerprint density at radius 3 is 0.831 bits per heavy atom. The summed E-state index contributed by atoms with van der Waals surface area (Å²) in [6.07, 6.45) is 93.5. The van der Waals surface area contributed by atoms with Gasteiger partial charge in [-0.2, -0.15) is 0 Å². The minimum absolute atomic E-state index is 0.122. The molecule has 6 nitrogen and oxygen atoms in total. The molecule has 430 valence electrons. The van der Waals surface area contributed by atoms with Crippen molar-refractivity contribution in [3.63, 3.8) is 0 Å². The molecule has 0 heterocycles. The van der Waals surface area contributed by atoms with Crippen molar-refractivity contribution in [3.05, 3.63) is 170 Å². The van der Waals surface area contributed by atoms with Gasteiger partial charge >= 0.3 is 17.9 Å². The first-order valence-corrected chi connectivity index (χ1v) is 30.6. The summed E-state index contributed by atoms with van der Waals surface area (Å²) in [5, 5.41) is 0. The highest BCUT2D eigenvalue weighted by Crippen LogP contribution is 2.12. The van der Waals surface area contributed by atoms with Crippen LogP contribution < -0.4 is 0 Å².